The molecule has 1 aliphatic rings. The molecule has 16 heavy (non-hydrogen) atoms. The molecule has 5 heteroatoms. The predicted octanol–water partition coefficient (Wildman–Crippen LogP) is 1.62. The molecule has 1 unspecified atom stereocenters. The zero-order valence-corrected chi connectivity index (χ0v) is 9.55. The second kappa shape index (κ2) is 5.34. The minimum absolute atomic E-state index is 0.0225. The Balaban J connectivity index is 2.18. The Kier molecular flexibility index (Phi) is 3.82. The fraction of sp³-hybridized carbons (Fsp3) is 0.636. The van der Waals surface area contributed by atoms with Gasteiger partial charge < -0.3 is 14.2 Å². The highest BCUT2D eigenvalue weighted by atomic mass is 16.7. The number of nitrogens with zero attached hydrogens (tertiary/aromatic N) is 2. The number of aromatic nitrogens is 2. The predicted molar refractivity (Wildman–Crippen MR) is 56.7 cm³/mol. The van der Waals surface area contributed by atoms with Crippen LogP contribution in [0.4, 0.5) is 0 Å². The van der Waals surface area contributed by atoms with Crippen molar-refractivity contribution in [3.63, 3.8) is 0 Å². The zero-order valence-electron chi connectivity index (χ0n) is 9.55. The largest absolute Gasteiger partial charge is 0.370 e. The monoisotopic (exact) mass is 224 g/mol. The summed E-state index contributed by atoms with van der Waals surface area (Å²) in [5, 5.41) is 0. The van der Waals surface area contributed by atoms with E-state index in [9.17, 15) is 0 Å². The number of hydrogen-bond donors (Lipinski definition) is 0. The molecule has 0 radical (unpaired) electrons. The molecule has 5 nitrogen and oxygen atoms in total. The number of methoxy groups -OCH3 is 2. The lowest BCUT2D eigenvalue weighted by atomic mass is 10.2. The fourth-order valence-electron chi connectivity index (χ4n) is 1.79. The summed E-state index contributed by atoms with van der Waals surface area (Å²) in [4.78, 5) is 8.64. The molecule has 1 fully saturated rings. The first-order valence-electron chi connectivity index (χ1n) is 5.35. The average Bonchev–Trinajstić information content (AvgIpc) is 2.85. The van der Waals surface area contributed by atoms with E-state index < -0.39 is 6.29 Å². The van der Waals surface area contributed by atoms with Crippen molar-refractivity contribution >= 4 is 0 Å². The van der Waals surface area contributed by atoms with Crippen molar-refractivity contribution in [1.29, 1.82) is 0 Å². The van der Waals surface area contributed by atoms with E-state index in [1.54, 1.807) is 26.5 Å². The van der Waals surface area contributed by atoms with E-state index in [2.05, 4.69) is 9.97 Å². The van der Waals surface area contributed by atoms with Crippen molar-refractivity contribution in [2.45, 2.75) is 25.2 Å². The van der Waals surface area contributed by atoms with Gasteiger partial charge in [0.2, 0.25) is 6.29 Å². The Morgan fingerprint density at radius 3 is 2.88 bits per heavy atom. The molecule has 0 aromatic carbocycles. The molecular formula is C11H16N2O3. The van der Waals surface area contributed by atoms with Crippen LogP contribution in [0.15, 0.2) is 12.3 Å². The van der Waals surface area contributed by atoms with Gasteiger partial charge in [-0.15, -0.1) is 0 Å². The van der Waals surface area contributed by atoms with Gasteiger partial charge in [-0.1, -0.05) is 0 Å². The summed E-state index contributed by atoms with van der Waals surface area (Å²) in [6.45, 7) is 0.788. The first-order valence-corrected chi connectivity index (χ1v) is 5.35. The van der Waals surface area contributed by atoms with Gasteiger partial charge in [-0.25, -0.2) is 9.97 Å². The Morgan fingerprint density at radius 1 is 1.44 bits per heavy atom. The van der Waals surface area contributed by atoms with Crippen LogP contribution in [0.25, 0.3) is 0 Å². The van der Waals surface area contributed by atoms with Crippen LogP contribution in [-0.4, -0.2) is 30.8 Å². The minimum atomic E-state index is -0.442. The van der Waals surface area contributed by atoms with Crippen LogP contribution in [-0.2, 0) is 14.2 Å². The van der Waals surface area contributed by atoms with Crippen LogP contribution in [0, 0.1) is 0 Å². The lowest BCUT2D eigenvalue weighted by Gasteiger charge is -2.14. The van der Waals surface area contributed by atoms with Gasteiger partial charge >= 0.3 is 0 Å². The normalized spacial score (nSPS) is 20.6. The standard InChI is InChI=1S/C11H16N2O3/c1-14-11(15-2)8-5-6-12-10(13-8)9-4-3-7-16-9/h5-6,9,11H,3-4,7H2,1-2H3. The molecule has 2 rings (SSSR count). The van der Waals surface area contributed by atoms with Gasteiger partial charge in [0.1, 0.15) is 11.8 Å². The topological polar surface area (TPSA) is 53.5 Å². The van der Waals surface area contributed by atoms with E-state index in [1.165, 1.54) is 0 Å². The summed E-state index contributed by atoms with van der Waals surface area (Å²) in [7, 11) is 3.17. The third kappa shape index (κ3) is 2.37. The van der Waals surface area contributed by atoms with Crippen molar-refractivity contribution in [2.24, 2.45) is 0 Å². The van der Waals surface area contributed by atoms with Gasteiger partial charge in [-0.05, 0) is 18.9 Å². The van der Waals surface area contributed by atoms with Crippen molar-refractivity contribution < 1.29 is 14.2 Å². The Hall–Kier alpha value is -1.04. The maximum absolute atomic E-state index is 5.53. The second-order valence-electron chi connectivity index (χ2n) is 3.64. The summed E-state index contributed by atoms with van der Waals surface area (Å²) in [5.41, 5.74) is 0.727. The van der Waals surface area contributed by atoms with E-state index in [0.717, 1.165) is 25.1 Å². The van der Waals surface area contributed by atoms with Crippen molar-refractivity contribution in [3.05, 3.63) is 23.8 Å². The fourth-order valence-corrected chi connectivity index (χ4v) is 1.79. The minimum Gasteiger partial charge on any atom is -0.370 e. The number of ether oxygens (including phenoxy) is 3. The van der Waals surface area contributed by atoms with Crippen molar-refractivity contribution in [3.8, 4) is 0 Å². The highest BCUT2D eigenvalue weighted by Gasteiger charge is 2.21. The maximum atomic E-state index is 5.53. The zero-order chi connectivity index (χ0) is 11.4. The molecule has 0 amide bonds. The van der Waals surface area contributed by atoms with Crippen LogP contribution in [0.2, 0.25) is 0 Å². The van der Waals surface area contributed by atoms with Crippen LogP contribution < -0.4 is 0 Å². The molecule has 88 valence electrons. The molecule has 0 bridgehead atoms. The number of rotatable bonds is 4. The third-order valence-electron chi connectivity index (χ3n) is 2.58. The Bertz CT molecular complexity index is 319. The molecule has 1 saturated heterocycles. The van der Waals surface area contributed by atoms with Crippen LogP contribution in [0.1, 0.15) is 36.8 Å². The SMILES string of the molecule is COC(OC)c1ccnc(C2CCCO2)n1. The van der Waals surface area contributed by atoms with E-state index in [4.69, 9.17) is 14.2 Å². The van der Waals surface area contributed by atoms with Gasteiger partial charge in [0.15, 0.2) is 5.82 Å². The summed E-state index contributed by atoms with van der Waals surface area (Å²) >= 11 is 0. The van der Waals surface area contributed by atoms with Crippen LogP contribution >= 0.6 is 0 Å². The highest BCUT2D eigenvalue weighted by molar-refractivity contribution is 5.06. The second-order valence-corrected chi connectivity index (χ2v) is 3.64. The van der Waals surface area contributed by atoms with Gasteiger partial charge in [-0.2, -0.15) is 0 Å². The Morgan fingerprint density at radius 2 is 2.25 bits per heavy atom. The molecule has 1 aromatic rings. The molecule has 0 saturated carbocycles. The van der Waals surface area contributed by atoms with E-state index >= 15 is 0 Å². The smallest absolute Gasteiger partial charge is 0.200 e. The van der Waals surface area contributed by atoms with E-state index in [0.29, 0.717) is 5.82 Å². The van der Waals surface area contributed by atoms with Gasteiger partial charge in [0, 0.05) is 27.0 Å². The Labute approximate surface area is 94.8 Å². The van der Waals surface area contributed by atoms with E-state index in [1.807, 2.05) is 0 Å². The molecule has 0 spiro atoms. The lowest BCUT2D eigenvalue weighted by Crippen LogP contribution is -2.10. The molecule has 0 aliphatic carbocycles. The number of hydrogen-bond acceptors (Lipinski definition) is 5. The quantitative estimate of drug-likeness (QED) is 0.727. The molecular weight excluding hydrogens is 208 g/mol. The summed E-state index contributed by atoms with van der Waals surface area (Å²) in [6.07, 6.45) is 3.34. The summed E-state index contributed by atoms with van der Waals surface area (Å²) in [6, 6.07) is 1.79. The molecule has 1 aromatic heterocycles. The summed E-state index contributed by atoms with van der Waals surface area (Å²) in [5.74, 6) is 0.717. The molecule has 1 atom stereocenters. The third-order valence-corrected chi connectivity index (χ3v) is 2.58. The van der Waals surface area contributed by atoms with Gasteiger partial charge in [-0.3, -0.25) is 0 Å². The average molecular weight is 224 g/mol. The molecule has 0 N–H and O–H groups in total. The van der Waals surface area contributed by atoms with Gasteiger partial charge in [0.25, 0.3) is 0 Å². The first kappa shape index (κ1) is 11.4. The highest BCUT2D eigenvalue weighted by Crippen LogP contribution is 2.26. The van der Waals surface area contributed by atoms with Crippen molar-refractivity contribution in [1.82, 2.24) is 9.97 Å². The summed E-state index contributed by atoms with van der Waals surface area (Å²) < 4.78 is 15.8. The molecule has 2 heterocycles. The lowest BCUT2D eigenvalue weighted by molar-refractivity contribution is -0.109. The first-order chi connectivity index (χ1) is 7.85. The van der Waals surface area contributed by atoms with E-state index in [-0.39, 0.29) is 6.10 Å². The maximum Gasteiger partial charge on any atom is 0.200 e. The molecule has 1 aliphatic heterocycles. The van der Waals surface area contributed by atoms with Crippen molar-refractivity contribution in [2.75, 3.05) is 20.8 Å². The van der Waals surface area contributed by atoms with Crippen LogP contribution in [0.3, 0.4) is 0 Å². The van der Waals surface area contributed by atoms with Crippen LogP contribution in [0.5, 0.6) is 0 Å². The van der Waals surface area contributed by atoms with Gasteiger partial charge in [0.05, 0.1) is 0 Å².